The molecule has 1 N–H and O–H groups in total. The van der Waals surface area contributed by atoms with Gasteiger partial charge < -0.3 is 10.2 Å². The smallest absolute Gasteiger partial charge is 0.265 e. The van der Waals surface area contributed by atoms with Crippen LogP contribution in [0.4, 0.5) is 5.13 Å². The van der Waals surface area contributed by atoms with E-state index in [4.69, 9.17) is 0 Å². The minimum Gasteiger partial charge on any atom is -0.362 e. The van der Waals surface area contributed by atoms with Gasteiger partial charge in [-0.2, -0.15) is 5.10 Å². The lowest BCUT2D eigenvalue weighted by molar-refractivity contribution is 0.0789. The topological polar surface area (TPSA) is 63.1 Å². The molecule has 6 nitrogen and oxygen atoms in total. The number of nitrogens with zero attached hydrogens (tertiary/aromatic N) is 4. The molecule has 0 fully saturated rings. The number of carbonyl (C=O) groups excluding carboxylic acids is 1. The third kappa shape index (κ3) is 3.88. The quantitative estimate of drug-likeness (QED) is 0.737. The van der Waals surface area contributed by atoms with Crippen molar-refractivity contribution < 1.29 is 4.79 Å². The number of aromatic nitrogens is 3. The standard InChI is InChI=1S/C18H21N5OS/c1-4-19-18-21-13(2)16(25-18)17(24)22(3)12-14-6-8-15(9-7-14)23-11-5-10-20-23/h5-11H,4,12H2,1-3H3,(H,19,21). The van der Waals surface area contributed by atoms with Crippen molar-refractivity contribution in [2.75, 3.05) is 18.9 Å². The number of nitrogens with one attached hydrogen (secondary N) is 1. The van der Waals surface area contributed by atoms with Crippen LogP contribution in [0.25, 0.3) is 5.69 Å². The summed E-state index contributed by atoms with van der Waals surface area (Å²) in [5.74, 6) is -0.00435. The fraction of sp³-hybridized carbons (Fsp3) is 0.278. The first-order valence-corrected chi connectivity index (χ1v) is 8.96. The van der Waals surface area contributed by atoms with Crippen molar-refractivity contribution in [2.24, 2.45) is 0 Å². The van der Waals surface area contributed by atoms with Crippen molar-refractivity contribution in [1.82, 2.24) is 19.7 Å². The van der Waals surface area contributed by atoms with Crippen LogP contribution in [0.15, 0.2) is 42.7 Å². The van der Waals surface area contributed by atoms with Gasteiger partial charge in [-0.25, -0.2) is 9.67 Å². The Morgan fingerprint density at radius 3 is 2.72 bits per heavy atom. The molecule has 3 aromatic rings. The summed E-state index contributed by atoms with van der Waals surface area (Å²) in [6.07, 6.45) is 3.65. The number of hydrogen-bond donors (Lipinski definition) is 1. The van der Waals surface area contributed by atoms with Crippen LogP contribution in [0.2, 0.25) is 0 Å². The molecule has 25 heavy (non-hydrogen) atoms. The molecule has 0 unspecified atom stereocenters. The zero-order valence-corrected chi connectivity index (χ0v) is 15.4. The first kappa shape index (κ1) is 17.2. The van der Waals surface area contributed by atoms with E-state index in [9.17, 15) is 4.79 Å². The Morgan fingerprint density at radius 2 is 2.08 bits per heavy atom. The minimum absolute atomic E-state index is 0.00435. The largest absolute Gasteiger partial charge is 0.362 e. The van der Waals surface area contributed by atoms with Crippen LogP contribution >= 0.6 is 11.3 Å². The molecule has 0 aliphatic carbocycles. The van der Waals surface area contributed by atoms with E-state index < -0.39 is 0 Å². The van der Waals surface area contributed by atoms with Crippen molar-refractivity contribution in [3.63, 3.8) is 0 Å². The van der Waals surface area contributed by atoms with Gasteiger partial charge in [0, 0.05) is 32.5 Å². The van der Waals surface area contributed by atoms with E-state index in [0.717, 1.165) is 28.6 Å². The van der Waals surface area contributed by atoms with Gasteiger partial charge in [-0.1, -0.05) is 23.5 Å². The summed E-state index contributed by atoms with van der Waals surface area (Å²) in [7, 11) is 1.82. The maximum absolute atomic E-state index is 12.7. The van der Waals surface area contributed by atoms with E-state index in [2.05, 4.69) is 15.4 Å². The molecular formula is C18H21N5OS. The van der Waals surface area contributed by atoms with Gasteiger partial charge in [0.25, 0.3) is 5.91 Å². The number of aryl methyl sites for hydroxylation is 1. The van der Waals surface area contributed by atoms with Crippen LogP contribution in [0.3, 0.4) is 0 Å². The highest BCUT2D eigenvalue weighted by Gasteiger charge is 2.19. The average Bonchev–Trinajstić information content (AvgIpc) is 3.25. The van der Waals surface area contributed by atoms with Crippen molar-refractivity contribution in [2.45, 2.75) is 20.4 Å². The molecule has 2 heterocycles. The van der Waals surface area contributed by atoms with Crippen LogP contribution in [0.1, 0.15) is 27.9 Å². The number of carbonyl (C=O) groups is 1. The molecule has 0 aliphatic heterocycles. The van der Waals surface area contributed by atoms with Crippen LogP contribution in [0.5, 0.6) is 0 Å². The van der Waals surface area contributed by atoms with Crippen LogP contribution in [0, 0.1) is 6.92 Å². The Bertz CT molecular complexity index is 839. The summed E-state index contributed by atoms with van der Waals surface area (Å²) in [6.45, 7) is 5.22. The summed E-state index contributed by atoms with van der Waals surface area (Å²) in [5, 5.41) is 8.16. The minimum atomic E-state index is -0.00435. The van der Waals surface area contributed by atoms with Crippen molar-refractivity contribution >= 4 is 22.4 Å². The number of hydrogen-bond acceptors (Lipinski definition) is 5. The fourth-order valence-corrected chi connectivity index (χ4v) is 3.55. The molecule has 0 saturated carbocycles. The number of amides is 1. The van der Waals surface area contributed by atoms with E-state index >= 15 is 0 Å². The number of anilines is 1. The van der Waals surface area contributed by atoms with E-state index in [1.54, 1.807) is 11.1 Å². The van der Waals surface area contributed by atoms with Gasteiger partial charge in [0.2, 0.25) is 0 Å². The third-order valence-corrected chi connectivity index (χ3v) is 4.89. The highest BCUT2D eigenvalue weighted by molar-refractivity contribution is 7.17. The zero-order valence-electron chi connectivity index (χ0n) is 14.6. The lowest BCUT2D eigenvalue weighted by atomic mass is 10.2. The van der Waals surface area contributed by atoms with Gasteiger partial charge in [-0.05, 0) is 37.6 Å². The van der Waals surface area contributed by atoms with E-state index in [1.807, 2.05) is 62.1 Å². The first-order chi connectivity index (χ1) is 12.1. The monoisotopic (exact) mass is 355 g/mol. The van der Waals surface area contributed by atoms with Gasteiger partial charge >= 0.3 is 0 Å². The van der Waals surface area contributed by atoms with Gasteiger partial charge in [0.05, 0.1) is 11.4 Å². The van der Waals surface area contributed by atoms with Crippen molar-refractivity contribution in [1.29, 1.82) is 0 Å². The normalized spacial score (nSPS) is 10.7. The summed E-state index contributed by atoms with van der Waals surface area (Å²) in [6, 6.07) is 9.93. The van der Waals surface area contributed by atoms with E-state index in [1.165, 1.54) is 11.3 Å². The number of benzene rings is 1. The number of thiazole rings is 1. The molecular weight excluding hydrogens is 334 g/mol. The maximum atomic E-state index is 12.7. The molecule has 0 aliphatic rings. The first-order valence-electron chi connectivity index (χ1n) is 8.14. The second-order valence-electron chi connectivity index (χ2n) is 5.74. The van der Waals surface area contributed by atoms with Crippen LogP contribution < -0.4 is 5.32 Å². The van der Waals surface area contributed by atoms with E-state index in [-0.39, 0.29) is 5.91 Å². The molecule has 0 atom stereocenters. The Balaban J connectivity index is 1.69. The van der Waals surface area contributed by atoms with Crippen molar-refractivity contribution in [3.8, 4) is 5.69 Å². The Labute approximate surface area is 151 Å². The SMILES string of the molecule is CCNc1nc(C)c(C(=O)N(C)Cc2ccc(-n3cccn3)cc2)s1. The Morgan fingerprint density at radius 1 is 1.32 bits per heavy atom. The lowest BCUT2D eigenvalue weighted by Gasteiger charge is -2.17. The summed E-state index contributed by atoms with van der Waals surface area (Å²) >= 11 is 1.41. The molecule has 1 aromatic carbocycles. The maximum Gasteiger partial charge on any atom is 0.265 e. The molecule has 7 heteroatoms. The van der Waals surface area contributed by atoms with Crippen molar-refractivity contribution in [3.05, 3.63) is 58.9 Å². The van der Waals surface area contributed by atoms with Crippen LogP contribution in [-0.4, -0.2) is 39.2 Å². The van der Waals surface area contributed by atoms with Crippen LogP contribution in [-0.2, 0) is 6.54 Å². The summed E-state index contributed by atoms with van der Waals surface area (Å²) in [4.78, 5) is 19.5. The molecule has 2 aromatic heterocycles. The molecule has 3 rings (SSSR count). The van der Waals surface area contributed by atoms with Gasteiger partial charge in [0.1, 0.15) is 4.88 Å². The number of rotatable bonds is 6. The second-order valence-corrected chi connectivity index (χ2v) is 6.74. The molecule has 0 spiro atoms. The van der Waals surface area contributed by atoms with Gasteiger partial charge in [-0.3, -0.25) is 4.79 Å². The third-order valence-electron chi connectivity index (χ3n) is 3.79. The highest BCUT2D eigenvalue weighted by Crippen LogP contribution is 2.24. The Hall–Kier alpha value is -2.67. The van der Waals surface area contributed by atoms with Gasteiger partial charge in [-0.15, -0.1) is 0 Å². The molecule has 0 radical (unpaired) electrons. The molecule has 0 bridgehead atoms. The molecule has 1 amide bonds. The highest BCUT2D eigenvalue weighted by atomic mass is 32.1. The lowest BCUT2D eigenvalue weighted by Crippen LogP contribution is -2.26. The molecule has 0 saturated heterocycles. The Kier molecular flexibility index (Phi) is 5.14. The summed E-state index contributed by atoms with van der Waals surface area (Å²) < 4.78 is 1.81. The predicted molar refractivity (Wildman–Crippen MR) is 100 cm³/mol. The predicted octanol–water partition coefficient (Wildman–Crippen LogP) is 3.34. The molecule has 130 valence electrons. The average molecular weight is 355 g/mol. The summed E-state index contributed by atoms with van der Waals surface area (Å²) in [5.41, 5.74) is 2.84. The second kappa shape index (κ2) is 7.48. The fourth-order valence-electron chi connectivity index (χ4n) is 2.52. The zero-order chi connectivity index (χ0) is 17.8. The van der Waals surface area contributed by atoms with E-state index in [0.29, 0.717) is 11.4 Å². The van der Waals surface area contributed by atoms with Gasteiger partial charge in [0.15, 0.2) is 5.13 Å².